The first-order chi connectivity index (χ1) is 16.1. The van der Waals surface area contributed by atoms with E-state index in [1.165, 1.54) is 18.2 Å². The van der Waals surface area contributed by atoms with Gasteiger partial charge in [0.25, 0.3) is 5.91 Å². The molecule has 4 aromatic rings. The van der Waals surface area contributed by atoms with Crippen LogP contribution < -0.4 is 4.74 Å². The van der Waals surface area contributed by atoms with E-state index in [9.17, 15) is 14.3 Å². The van der Waals surface area contributed by atoms with Crippen LogP contribution in [0.3, 0.4) is 0 Å². The summed E-state index contributed by atoms with van der Waals surface area (Å²) in [5, 5.41) is 17.5. The Kier molecular flexibility index (Phi) is 5.30. The van der Waals surface area contributed by atoms with Gasteiger partial charge in [-0.2, -0.15) is 5.10 Å². The van der Waals surface area contributed by atoms with Crippen molar-refractivity contribution in [2.45, 2.75) is 12.5 Å². The average Bonchev–Trinajstić information content (AvgIpc) is 3.39. The first-order valence-electron chi connectivity index (χ1n) is 10.6. The third kappa shape index (κ3) is 3.71. The van der Waals surface area contributed by atoms with Gasteiger partial charge in [-0.25, -0.2) is 4.39 Å². The number of aromatic nitrogens is 2. The summed E-state index contributed by atoms with van der Waals surface area (Å²) in [6.07, 6.45) is 0.650. The monoisotopic (exact) mass is 443 g/mol. The predicted octanol–water partition coefficient (Wildman–Crippen LogP) is 4.72. The van der Waals surface area contributed by atoms with Gasteiger partial charge in [-0.3, -0.25) is 9.89 Å². The molecule has 5 rings (SSSR count). The van der Waals surface area contributed by atoms with E-state index in [4.69, 9.17) is 4.74 Å². The lowest BCUT2D eigenvalue weighted by Crippen LogP contribution is -2.31. The van der Waals surface area contributed by atoms with Crippen LogP contribution in [0.15, 0.2) is 72.8 Å². The lowest BCUT2D eigenvalue weighted by atomic mass is 9.95. The van der Waals surface area contributed by atoms with Crippen LogP contribution >= 0.6 is 0 Å². The van der Waals surface area contributed by atoms with Crippen LogP contribution in [0.2, 0.25) is 0 Å². The Labute approximate surface area is 190 Å². The maximum atomic E-state index is 14.0. The molecule has 0 spiro atoms. The molecule has 2 N–H and O–H groups in total. The number of phenolic OH excluding ortho intramolecular Hbond substituents is 1. The van der Waals surface area contributed by atoms with Gasteiger partial charge in [-0.15, -0.1) is 0 Å². The third-order valence-corrected chi connectivity index (χ3v) is 5.99. The molecule has 7 heteroatoms. The molecular formula is C26H22FN3O3. The molecule has 1 aromatic heterocycles. The Balaban J connectivity index is 1.55. The highest BCUT2D eigenvalue weighted by molar-refractivity contribution is 6.00. The summed E-state index contributed by atoms with van der Waals surface area (Å²) in [5.41, 5.74) is 3.61. The summed E-state index contributed by atoms with van der Waals surface area (Å²) in [6, 6.07) is 20.7. The minimum atomic E-state index is -0.489. The molecule has 0 radical (unpaired) electrons. The van der Waals surface area contributed by atoms with Crippen LogP contribution in [0.1, 0.15) is 33.2 Å². The van der Waals surface area contributed by atoms with E-state index in [0.29, 0.717) is 29.9 Å². The van der Waals surface area contributed by atoms with Gasteiger partial charge in [0.2, 0.25) is 0 Å². The predicted molar refractivity (Wildman–Crippen MR) is 122 cm³/mol. The molecule has 166 valence electrons. The normalized spacial score (nSPS) is 15.0. The highest BCUT2D eigenvalue weighted by atomic mass is 19.1. The maximum absolute atomic E-state index is 14.0. The molecule has 33 heavy (non-hydrogen) atoms. The van der Waals surface area contributed by atoms with Crippen molar-refractivity contribution >= 4 is 5.91 Å². The van der Waals surface area contributed by atoms with E-state index in [0.717, 1.165) is 16.9 Å². The fraction of sp³-hybridized carbons (Fsp3) is 0.154. The number of hydrogen-bond donors (Lipinski definition) is 2. The number of nitrogens with one attached hydrogen (secondary N) is 1. The summed E-state index contributed by atoms with van der Waals surface area (Å²) < 4.78 is 19.2. The minimum absolute atomic E-state index is 0.0957. The first-order valence-corrected chi connectivity index (χ1v) is 10.6. The van der Waals surface area contributed by atoms with E-state index in [1.807, 2.05) is 54.6 Å². The highest BCUT2D eigenvalue weighted by Crippen LogP contribution is 2.44. The van der Waals surface area contributed by atoms with Crippen molar-refractivity contribution in [2.75, 3.05) is 13.7 Å². The highest BCUT2D eigenvalue weighted by Gasteiger charge is 2.42. The van der Waals surface area contributed by atoms with Gasteiger partial charge in [0, 0.05) is 17.7 Å². The summed E-state index contributed by atoms with van der Waals surface area (Å²) in [4.78, 5) is 15.2. The van der Waals surface area contributed by atoms with Crippen molar-refractivity contribution in [3.05, 3.63) is 101 Å². The molecule has 0 saturated carbocycles. The van der Waals surface area contributed by atoms with Crippen molar-refractivity contribution in [1.82, 2.24) is 15.1 Å². The standard InChI is InChI=1S/C26H22FN3O3/c1-33-19-10-7-16(8-11-19)13-14-30-25(17-5-3-2-4-6-17)22-23(28-29-24(22)26(30)32)20-15-18(27)9-12-21(20)31/h2-12,15,25,31H,13-14H2,1H3,(H,28,29)/t25-/m0/s1. The quantitative estimate of drug-likeness (QED) is 0.452. The minimum Gasteiger partial charge on any atom is -0.507 e. The number of fused-ring (bicyclic) bond motifs is 1. The molecule has 0 fully saturated rings. The summed E-state index contributed by atoms with van der Waals surface area (Å²) in [7, 11) is 1.62. The van der Waals surface area contributed by atoms with Crippen molar-refractivity contribution in [2.24, 2.45) is 0 Å². The second-order valence-corrected chi connectivity index (χ2v) is 7.93. The number of benzene rings is 3. The number of rotatable bonds is 6. The number of aromatic hydroxyl groups is 1. The van der Waals surface area contributed by atoms with E-state index in [-0.39, 0.29) is 17.2 Å². The van der Waals surface area contributed by atoms with E-state index in [2.05, 4.69) is 10.2 Å². The lowest BCUT2D eigenvalue weighted by Gasteiger charge is -2.26. The number of carbonyl (C=O) groups excluding carboxylic acids is 1. The number of aromatic amines is 1. The molecule has 0 aliphatic carbocycles. The van der Waals surface area contributed by atoms with Crippen LogP contribution in [-0.4, -0.2) is 39.8 Å². The van der Waals surface area contributed by atoms with Crippen molar-refractivity contribution < 1.29 is 19.0 Å². The lowest BCUT2D eigenvalue weighted by molar-refractivity contribution is 0.0746. The molecular weight excluding hydrogens is 421 g/mol. The second-order valence-electron chi connectivity index (χ2n) is 7.93. The fourth-order valence-electron chi connectivity index (χ4n) is 4.35. The van der Waals surface area contributed by atoms with Gasteiger partial charge in [0.15, 0.2) is 0 Å². The van der Waals surface area contributed by atoms with Crippen LogP contribution in [0.4, 0.5) is 4.39 Å². The molecule has 1 amide bonds. The van der Waals surface area contributed by atoms with Gasteiger partial charge < -0.3 is 14.7 Å². The van der Waals surface area contributed by atoms with Crippen LogP contribution in [0.25, 0.3) is 11.3 Å². The molecule has 1 aliphatic rings. The van der Waals surface area contributed by atoms with E-state index in [1.54, 1.807) is 12.0 Å². The summed E-state index contributed by atoms with van der Waals surface area (Å²) in [5.74, 6) is 0.0129. The Morgan fingerprint density at radius 3 is 2.58 bits per heavy atom. The Bertz CT molecular complexity index is 1300. The van der Waals surface area contributed by atoms with Gasteiger partial charge in [0.1, 0.15) is 28.7 Å². The topological polar surface area (TPSA) is 78.5 Å². The number of ether oxygens (including phenoxy) is 1. The SMILES string of the molecule is COc1ccc(CCN2C(=O)c3[nH]nc(-c4cc(F)ccc4O)c3[C@@H]2c2ccccc2)cc1. The van der Waals surface area contributed by atoms with E-state index < -0.39 is 11.9 Å². The number of H-pyrrole nitrogens is 1. The Morgan fingerprint density at radius 1 is 1.09 bits per heavy atom. The van der Waals surface area contributed by atoms with Crippen molar-refractivity contribution in [3.63, 3.8) is 0 Å². The smallest absolute Gasteiger partial charge is 0.273 e. The Hall–Kier alpha value is -4.13. The number of halogens is 1. The zero-order valence-electron chi connectivity index (χ0n) is 18.0. The second kappa shape index (κ2) is 8.43. The van der Waals surface area contributed by atoms with Crippen LogP contribution in [0, 0.1) is 5.82 Å². The molecule has 0 saturated heterocycles. The van der Waals surface area contributed by atoms with Gasteiger partial charge in [-0.05, 0) is 47.9 Å². The van der Waals surface area contributed by atoms with Gasteiger partial charge >= 0.3 is 0 Å². The zero-order chi connectivity index (χ0) is 22.9. The van der Waals surface area contributed by atoms with Gasteiger partial charge in [-0.1, -0.05) is 42.5 Å². The molecule has 3 aromatic carbocycles. The molecule has 1 aliphatic heterocycles. The van der Waals surface area contributed by atoms with E-state index >= 15 is 0 Å². The zero-order valence-corrected chi connectivity index (χ0v) is 18.0. The third-order valence-electron chi connectivity index (χ3n) is 5.99. The number of phenols is 1. The van der Waals surface area contributed by atoms with Crippen molar-refractivity contribution in [1.29, 1.82) is 0 Å². The largest absolute Gasteiger partial charge is 0.507 e. The number of amides is 1. The number of methoxy groups -OCH3 is 1. The molecule has 1 atom stereocenters. The number of hydrogen-bond acceptors (Lipinski definition) is 4. The van der Waals surface area contributed by atoms with Crippen molar-refractivity contribution in [3.8, 4) is 22.8 Å². The molecule has 0 unspecified atom stereocenters. The molecule has 2 heterocycles. The summed E-state index contributed by atoms with van der Waals surface area (Å²) >= 11 is 0. The van der Waals surface area contributed by atoms with Crippen LogP contribution in [-0.2, 0) is 6.42 Å². The fourth-order valence-corrected chi connectivity index (χ4v) is 4.35. The Morgan fingerprint density at radius 2 is 1.85 bits per heavy atom. The maximum Gasteiger partial charge on any atom is 0.273 e. The molecule has 6 nitrogen and oxygen atoms in total. The van der Waals surface area contributed by atoms with Gasteiger partial charge in [0.05, 0.1) is 13.2 Å². The average molecular weight is 443 g/mol. The summed E-state index contributed by atoms with van der Waals surface area (Å²) in [6.45, 7) is 0.474. The number of nitrogens with zero attached hydrogens (tertiary/aromatic N) is 2. The van der Waals surface area contributed by atoms with Crippen LogP contribution in [0.5, 0.6) is 11.5 Å². The molecule has 0 bridgehead atoms. The number of carbonyl (C=O) groups is 1. The first kappa shape index (κ1) is 20.8.